The average molecular weight is 372 g/mol. The number of nitrogens with one attached hydrogen (secondary N) is 1. The Morgan fingerprint density at radius 1 is 0.964 bits per heavy atom. The maximum absolute atomic E-state index is 5.68. The summed E-state index contributed by atoms with van der Waals surface area (Å²) in [5.74, 6) is 2.23. The monoisotopic (exact) mass is 372 g/mol. The van der Waals surface area contributed by atoms with E-state index in [2.05, 4.69) is 15.5 Å². The Labute approximate surface area is 163 Å². The van der Waals surface area contributed by atoms with Crippen molar-refractivity contribution >= 4 is 17.2 Å². The maximum atomic E-state index is 5.68. The first-order valence-corrected chi connectivity index (χ1v) is 9.03. The van der Waals surface area contributed by atoms with Crippen LogP contribution in [0.15, 0.2) is 77.1 Å². The van der Waals surface area contributed by atoms with Crippen molar-refractivity contribution < 1.29 is 9.47 Å². The van der Waals surface area contributed by atoms with Crippen LogP contribution in [0, 0.1) is 0 Å². The molecule has 0 aliphatic carbocycles. The molecule has 1 aliphatic heterocycles. The quantitative estimate of drug-likeness (QED) is 0.737. The average Bonchev–Trinajstić information content (AvgIpc) is 2.94. The minimum Gasteiger partial charge on any atom is -0.497 e. The van der Waals surface area contributed by atoms with Gasteiger partial charge in [0.2, 0.25) is 0 Å². The molecule has 1 aliphatic rings. The summed E-state index contributed by atoms with van der Waals surface area (Å²) in [5.41, 5.74) is 7.38. The van der Waals surface area contributed by atoms with Gasteiger partial charge >= 0.3 is 0 Å². The van der Waals surface area contributed by atoms with E-state index in [9.17, 15) is 0 Å². The second-order valence-corrected chi connectivity index (χ2v) is 6.11. The molecule has 1 aromatic heterocycles. The van der Waals surface area contributed by atoms with Crippen molar-refractivity contribution in [1.82, 2.24) is 10.4 Å². The zero-order valence-corrected chi connectivity index (χ0v) is 15.7. The number of hydrogen-bond donors (Lipinski definition) is 1. The van der Waals surface area contributed by atoms with E-state index in [4.69, 9.17) is 14.5 Å². The van der Waals surface area contributed by atoms with Crippen LogP contribution in [0.1, 0.15) is 23.6 Å². The van der Waals surface area contributed by atoms with Crippen LogP contribution in [0.4, 0.5) is 5.69 Å². The number of rotatable bonds is 5. The number of fused-ring (bicyclic) bond motifs is 1. The van der Waals surface area contributed by atoms with E-state index < -0.39 is 0 Å². The SMILES string of the molecule is CCOc1ccc2c(c1)C(c1cccnc1)=NNC(c1ccc(OC)cc1)=N2. The Kier molecular flexibility index (Phi) is 5.01. The third-order valence-electron chi connectivity index (χ3n) is 4.34. The largest absolute Gasteiger partial charge is 0.497 e. The van der Waals surface area contributed by atoms with E-state index in [-0.39, 0.29) is 0 Å². The molecule has 0 atom stereocenters. The molecule has 0 saturated carbocycles. The number of benzene rings is 2. The number of amidine groups is 1. The first kappa shape index (κ1) is 17.7. The minimum atomic E-state index is 0.594. The lowest BCUT2D eigenvalue weighted by molar-refractivity contribution is 0.340. The third kappa shape index (κ3) is 3.57. The Bertz CT molecular complexity index is 1030. The van der Waals surface area contributed by atoms with Crippen LogP contribution in [-0.4, -0.2) is 30.2 Å². The molecular weight excluding hydrogens is 352 g/mol. The molecule has 0 radical (unpaired) electrons. The summed E-state index contributed by atoms with van der Waals surface area (Å²) in [6.07, 6.45) is 3.53. The van der Waals surface area contributed by atoms with Crippen LogP contribution in [0.25, 0.3) is 0 Å². The molecule has 1 N–H and O–H groups in total. The maximum Gasteiger partial charge on any atom is 0.154 e. The van der Waals surface area contributed by atoms with Crippen LogP contribution in [-0.2, 0) is 0 Å². The summed E-state index contributed by atoms with van der Waals surface area (Å²) in [6, 6.07) is 17.4. The molecule has 0 unspecified atom stereocenters. The molecule has 0 fully saturated rings. The smallest absolute Gasteiger partial charge is 0.154 e. The molecule has 3 aromatic rings. The Morgan fingerprint density at radius 2 is 1.79 bits per heavy atom. The number of methoxy groups -OCH3 is 1. The lowest BCUT2D eigenvalue weighted by Crippen LogP contribution is -2.19. The van der Waals surface area contributed by atoms with Crippen molar-refractivity contribution in [1.29, 1.82) is 0 Å². The highest BCUT2D eigenvalue weighted by Crippen LogP contribution is 2.29. The molecule has 0 amide bonds. The molecule has 0 saturated heterocycles. The van der Waals surface area contributed by atoms with E-state index in [1.807, 2.05) is 61.5 Å². The van der Waals surface area contributed by atoms with Crippen molar-refractivity contribution in [2.24, 2.45) is 10.1 Å². The molecule has 0 spiro atoms. The lowest BCUT2D eigenvalue weighted by atomic mass is 10.0. The van der Waals surface area contributed by atoms with Crippen molar-refractivity contribution in [3.63, 3.8) is 0 Å². The fourth-order valence-corrected chi connectivity index (χ4v) is 2.97. The highest BCUT2D eigenvalue weighted by Gasteiger charge is 2.18. The lowest BCUT2D eigenvalue weighted by Gasteiger charge is -2.10. The van der Waals surface area contributed by atoms with E-state index >= 15 is 0 Å². The minimum absolute atomic E-state index is 0.594. The summed E-state index contributed by atoms with van der Waals surface area (Å²) in [5, 5.41) is 4.65. The highest BCUT2D eigenvalue weighted by molar-refractivity contribution is 6.18. The molecule has 0 bridgehead atoms. The molecule has 6 heteroatoms. The molecule has 2 heterocycles. The van der Waals surface area contributed by atoms with E-state index in [0.717, 1.165) is 39.6 Å². The number of aliphatic imine (C=N–C) groups is 1. The summed E-state index contributed by atoms with van der Waals surface area (Å²) in [7, 11) is 1.65. The Balaban J connectivity index is 1.82. The molecule has 2 aromatic carbocycles. The molecule has 28 heavy (non-hydrogen) atoms. The second-order valence-electron chi connectivity index (χ2n) is 6.11. The number of nitrogens with zero attached hydrogens (tertiary/aromatic N) is 3. The van der Waals surface area contributed by atoms with Gasteiger partial charge in [0, 0.05) is 29.1 Å². The highest BCUT2D eigenvalue weighted by atomic mass is 16.5. The van der Waals surface area contributed by atoms with Gasteiger partial charge in [-0.25, -0.2) is 4.99 Å². The van der Waals surface area contributed by atoms with Crippen molar-refractivity contribution in [2.45, 2.75) is 6.92 Å². The van der Waals surface area contributed by atoms with E-state index in [1.54, 1.807) is 19.5 Å². The van der Waals surface area contributed by atoms with Gasteiger partial charge in [-0.2, -0.15) is 5.10 Å². The van der Waals surface area contributed by atoms with Crippen molar-refractivity contribution in [3.8, 4) is 11.5 Å². The van der Waals surface area contributed by atoms with Gasteiger partial charge in [-0.15, -0.1) is 0 Å². The van der Waals surface area contributed by atoms with Gasteiger partial charge in [0.05, 0.1) is 19.4 Å². The van der Waals surface area contributed by atoms with Gasteiger partial charge in [-0.1, -0.05) is 0 Å². The first-order valence-electron chi connectivity index (χ1n) is 9.03. The summed E-state index contributed by atoms with van der Waals surface area (Å²) in [6.45, 7) is 2.56. The van der Waals surface area contributed by atoms with Crippen LogP contribution in [0.3, 0.4) is 0 Å². The number of hydrogen-bond acceptors (Lipinski definition) is 6. The van der Waals surface area contributed by atoms with Gasteiger partial charge < -0.3 is 9.47 Å². The third-order valence-corrected chi connectivity index (χ3v) is 4.34. The zero-order valence-electron chi connectivity index (χ0n) is 15.7. The predicted molar refractivity (Wildman–Crippen MR) is 110 cm³/mol. The van der Waals surface area contributed by atoms with Gasteiger partial charge in [0.1, 0.15) is 17.2 Å². The molecular formula is C22H20N4O2. The first-order chi connectivity index (χ1) is 13.8. The number of pyridine rings is 1. The van der Waals surface area contributed by atoms with Crippen LogP contribution >= 0.6 is 0 Å². The summed E-state index contributed by atoms with van der Waals surface area (Å²) in [4.78, 5) is 9.04. The van der Waals surface area contributed by atoms with Gasteiger partial charge in [-0.3, -0.25) is 10.4 Å². The predicted octanol–water partition coefficient (Wildman–Crippen LogP) is 3.92. The van der Waals surface area contributed by atoms with Crippen LogP contribution in [0.2, 0.25) is 0 Å². The number of ether oxygens (including phenoxy) is 2. The topological polar surface area (TPSA) is 68.1 Å². The Morgan fingerprint density at radius 3 is 2.50 bits per heavy atom. The molecule has 6 nitrogen and oxygen atoms in total. The number of aromatic nitrogens is 1. The van der Waals surface area contributed by atoms with E-state index in [1.165, 1.54) is 0 Å². The van der Waals surface area contributed by atoms with Crippen LogP contribution in [0.5, 0.6) is 11.5 Å². The second kappa shape index (κ2) is 7.92. The standard InChI is InChI=1S/C22H20N4O2/c1-3-28-18-10-11-20-19(13-18)21(16-5-4-12-23-14-16)25-26-22(24-20)15-6-8-17(27-2)9-7-15/h4-14H,3H2,1-2H3,(H,24,26). The van der Waals surface area contributed by atoms with Crippen molar-refractivity contribution in [2.75, 3.05) is 13.7 Å². The van der Waals surface area contributed by atoms with Crippen molar-refractivity contribution in [3.05, 3.63) is 83.7 Å². The van der Waals surface area contributed by atoms with Crippen LogP contribution < -0.4 is 14.9 Å². The fourth-order valence-electron chi connectivity index (χ4n) is 2.97. The Hall–Kier alpha value is -3.67. The summed E-state index contributed by atoms with van der Waals surface area (Å²) < 4.78 is 10.9. The van der Waals surface area contributed by atoms with Gasteiger partial charge in [0.25, 0.3) is 0 Å². The number of hydrazone groups is 1. The molecule has 140 valence electrons. The normalized spacial score (nSPS) is 12.8. The zero-order chi connectivity index (χ0) is 19.3. The van der Waals surface area contributed by atoms with E-state index in [0.29, 0.717) is 12.4 Å². The summed E-state index contributed by atoms with van der Waals surface area (Å²) >= 11 is 0. The molecule has 4 rings (SSSR count). The van der Waals surface area contributed by atoms with Gasteiger partial charge in [-0.05, 0) is 61.5 Å². The fraction of sp³-hybridized carbons (Fsp3) is 0.136. The van der Waals surface area contributed by atoms with Gasteiger partial charge in [0.15, 0.2) is 5.84 Å².